The maximum atomic E-state index is 12.8. The van der Waals surface area contributed by atoms with Gasteiger partial charge in [-0.25, -0.2) is 0 Å². The molecule has 0 bridgehead atoms. The highest BCUT2D eigenvalue weighted by atomic mass is 16.2. The van der Waals surface area contributed by atoms with Crippen LogP contribution in [0.5, 0.6) is 0 Å². The predicted molar refractivity (Wildman–Crippen MR) is 87.7 cm³/mol. The molecular formula is C17H26N4O. The Labute approximate surface area is 132 Å². The topological polar surface area (TPSA) is 53.9 Å². The molecule has 5 nitrogen and oxygen atoms in total. The van der Waals surface area contributed by atoms with E-state index in [1.54, 1.807) is 0 Å². The number of hydrogen-bond acceptors (Lipinski definition) is 2. The van der Waals surface area contributed by atoms with E-state index in [1.807, 2.05) is 34.1 Å². The Morgan fingerprint density at radius 2 is 2.14 bits per heavy atom. The molecule has 0 saturated heterocycles. The number of rotatable bonds is 7. The predicted octanol–water partition coefficient (Wildman–Crippen LogP) is 3.09. The van der Waals surface area contributed by atoms with E-state index in [9.17, 15) is 4.79 Å². The van der Waals surface area contributed by atoms with Gasteiger partial charge in [-0.1, -0.05) is 20.8 Å². The van der Waals surface area contributed by atoms with Crippen molar-refractivity contribution in [2.24, 2.45) is 5.92 Å². The van der Waals surface area contributed by atoms with E-state index in [2.05, 4.69) is 37.8 Å². The molecule has 0 aliphatic rings. The Kier molecular flexibility index (Phi) is 5.41. The second kappa shape index (κ2) is 7.29. The Morgan fingerprint density at radius 1 is 1.36 bits per heavy atom. The first kappa shape index (κ1) is 16.3. The van der Waals surface area contributed by atoms with Crippen LogP contribution in [0.1, 0.15) is 49.4 Å². The minimum atomic E-state index is 0.0534. The van der Waals surface area contributed by atoms with Crippen LogP contribution < -0.4 is 0 Å². The highest BCUT2D eigenvalue weighted by molar-refractivity contribution is 5.92. The number of nitrogens with zero attached hydrogens (tertiary/aromatic N) is 3. The minimum absolute atomic E-state index is 0.0534. The van der Waals surface area contributed by atoms with E-state index >= 15 is 0 Å². The van der Waals surface area contributed by atoms with Crippen molar-refractivity contribution in [1.29, 1.82) is 0 Å². The monoisotopic (exact) mass is 302 g/mol. The lowest BCUT2D eigenvalue weighted by molar-refractivity contribution is 0.0717. The van der Waals surface area contributed by atoms with Crippen molar-refractivity contribution >= 4 is 5.91 Å². The summed E-state index contributed by atoms with van der Waals surface area (Å²) in [5, 5.41) is 4.29. The summed E-state index contributed by atoms with van der Waals surface area (Å²) in [6, 6.07) is 3.86. The second-order valence-electron chi connectivity index (χ2n) is 6.03. The quantitative estimate of drug-likeness (QED) is 0.854. The van der Waals surface area contributed by atoms with Crippen molar-refractivity contribution < 1.29 is 4.79 Å². The van der Waals surface area contributed by atoms with E-state index in [1.165, 1.54) is 0 Å². The molecule has 0 fully saturated rings. The summed E-state index contributed by atoms with van der Waals surface area (Å²) in [7, 11) is 0. The third kappa shape index (κ3) is 4.00. The number of amides is 1. The molecule has 0 radical (unpaired) electrons. The molecule has 1 amide bonds. The molecule has 120 valence electrons. The number of aromatic amines is 1. The van der Waals surface area contributed by atoms with Crippen LogP contribution in [0.15, 0.2) is 24.5 Å². The Morgan fingerprint density at radius 3 is 2.68 bits per heavy atom. The maximum Gasteiger partial charge on any atom is 0.270 e. The fraction of sp³-hybridized carbons (Fsp3) is 0.529. The standard InChI is InChI=1S/C17H26N4O/c1-5-15-7-8-16(19-15)17(22)20(10-13(3)4)11-14-9-18-21(6-2)12-14/h7-9,12-13,19H,5-6,10-11H2,1-4H3. The zero-order valence-corrected chi connectivity index (χ0v) is 14.0. The average Bonchev–Trinajstić information content (AvgIpc) is 3.14. The Balaban J connectivity index is 2.15. The van der Waals surface area contributed by atoms with Gasteiger partial charge in [-0.3, -0.25) is 9.48 Å². The highest BCUT2D eigenvalue weighted by Gasteiger charge is 2.19. The Hall–Kier alpha value is -2.04. The Bertz CT molecular complexity index is 612. The molecule has 2 heterocycles. The number of hydrogen-bond donors (Lipinski definition) is 1. The van der Waals surface area contributed by atoms with Gasteiger partial charge in [0, 0.05) is 37.1 Å². The van der Waals surface area contributed by atoms with Crippen LogP contribution in [-0.2, 0) is 19.5 Å². The van der Waals surface area contributed by atoms with E-state index in [0.717, 1.165) is 30.8 Å². The molecule has 2 aromatic rings. The second-order valence-corrected chi connectivity index (χ2v) is 6.03. The van der Waals surface area contributed by atoms with Crippen molar-refractivity contribution in [3.8, 4) is 0 Å². The fourth-order valence-electron chi connectivity index (χ4n) is 2.48. The van der Waals surface area contributed by atoms with Crippen LogP contribution in [0.2, 0.25) is 0 Å². The van der Waals surface area contributed by atoms with Crippen molar-refractivity contribution in [3.05, 3.63) is 41.5 Å². The van der Waals surface area contributed by atoms with Crippen LogP contribution in [0, 0.1) is 5.92 Å². The average molecular weight is 302 g/mol. The lowest BCUT2D eigenvalue weighted by Gasteiger charge is -2.23. The first-order valence-electron chi connectivity index (χ1n) is 8.02. The molecule has 5 heteroatoms. The van der Waals surface area contributed by atoms with Crippen LogP contribution in [0.4, 0.5) is 0 Å². The van der Waals surface area contributed by atoms with E-state index in [0.29, 0.717) is 18.2 Å². The van der Waals surface area contributed by atoms with E-state index in [-0.39, 0.29) is 5.91 Å². The maximum absolute atomic E-state index is 12.8. The van der Waals surface area contributed by atoms with Gasteiger partial charge in [0.2, 0.25) is 0 Å². The lowest BCUT2D eigenvalue weighted by Crippen LogP contribution is -2.33. The van der Waals surface area contributed by atoms with Gasteiger partial charge in [-0.05, 0) is 31.4 Å². The van der Waals surface area contributed by atoms with Crippen molar-refractivity contribution in [2.45, 2.75) is 47.2 Å². The molecule has 0 aromatic carbocycles. The molecule has 2 aromatic heterocycles. The molecule has 0 aliphatic heterocycles. The van der Waals surface area contributed by atoms with Crippen molar-refractivity contribution in [1.82, 2.24) is 19.7 Å². The number of aromatic nitrogens is 3. The molecular weight excluding hydrogens is 276 g/mol. The van der Waals surface area contributed by atoms with Gasteiger partial charge in [-0.2, -0.15) is 5.10 Å². The minimum Gasteiger partial charge on any atom is -0.354 e. The SMILES string of the molecule is CCc1ccc(C(=O)N(Cc2cnn(CC)c2)CC(C)C)[nH]1. The van der Waals surface area contributed by atoms with Crippen LogP contribution in [0.3, 0.4) is 0 Å². The van der Waals surface area contributed by atoms with Gasteiger partial charge < -0.3 is 9.88 Å². The van der Waals surface area contributed by atoms with E-state index in [4.69, 9.17) is 0 Å². The smallest absolute Gasteiger partial charge is 0.270 e. The highest BCUT2D eigenvalue weighted by Crippen LogP contribution is 2.12. The van der Waals surface area contributed by atoms with Crippen LogP contribution in [0.25, 0.3) is 0 Å². The first-order chi connectivity index (χ1) is 10.5. The summed E-state index contributed by atoms with van der Waals surface area (Å²) in [6.45, 7) is 10.6. The summed E-state index contributed by atoms with van der Waals surface area (Å²) in [6.07, 6.45) is 4.75. The van der Waals surface area contributed by atoms with Crippen molar-refractivity contribution in [3.63, 3.8) is 0 Å². The number of carbonyl (C=O) groups is 1. The molecule has 0 saturated carbocycles. The zero-order chi connectivity index (χ0) is 16.1. The molecule has 2 rings (SSSR count). The third-order valence-corrected chi connectivity index (χ3v) is 3.61. The third-order valence-electron chi connectivity index (χ3n) is 3.61. The molecule has 0 atom stereocenters. The summed E-state index contributed by atoms with van der Waals surface area (Å²) >= 11 is 0. The van der Waals surface area contributed by atoms with Crippen LogP contribution in [-0.4, -0.2) is 32.1 Å². The van der Waals surface area contributed by atoms with Gasteiger partial charge >= 0.3 is 0 Å². The zero-order valence-electron chi connectivity index (χ0n) is 14.0. The van der Waals surface area contributed by atoms with Crippen LogP contribution >= 0.6 is 0 Å². The molecule has 22 heavy (non-hydrogen) atoms. The number of H-pyrrole nitrogens is 1. The van der Waals surface area contributed by atoms with Gasteiger partial charge in [0.1, 0.15) is 5.69 Å². The fourth-order valence-corrected chi connectivity index (χ4v) is 2.48. The summed E-state index contributed by atoms with van der Waals surface area (Å²) in [4.78, 5) is 17.9. The first-order valence-corrected chi connectivity index (χ1v) is 8.02. The van der Waals surface area contributed by atoms with Gasteiger partial charge in [-0.15, -0.1) is 0 Å². The largest absolute Gasteiger partial charge is 0.354 e. The normalized spacial score (nSPS) is 11.1. The summed E-state index contributed by atoms with van der Waals surface area (Å²) in [5.74, 6) is 0.475. The van der Waals surface area contributed by atoms with Gasteiger partial charge in [0.25, 0.3) is 5.91 Å². The number of nitrogens with one attached hydrogen (secondary N) is 1. The molecule has 0 spiro atoms. The van der Waals surface area contributed by atoms with Crippen molar-refractivity contribution in [2.75, 3.05) is 6.54 Å². The summed E-state index contributed by atoms with van der Waals surface area (Å²) in [5.41, 5.74) is 2.82. The van der Waals surface area contributed by atoms with Gasteiger partial charge in [0.05, 0.1) is 6.20 Å². The molecule has 0 unspecified atom stereocenters. The summed E-state index contributed by atoms with van der Waals surface area (Å²) < 4.78 is 1.89. The number of aryl methyl sites for hydroxylation is 2. The molecule has 1 N–H and O–H groups in total. The van der Waals surface area contributed by atoms with E-state index < -0.39 is 0 Å². The lowest BCUT2D eigenvalue weighted by atomic mass is 10.2. The molecule has 0 aliphatic carbocycles. The number of carbonyl (C=O) groups excluding carboxylic acids is 1. The van der Waals surface area contributed by atoms with Gasteiger partial charge in [0.15, 0.2) is 0 Å².